The number of hydrogen-bond donors (Lipinski definition) is 5. The lowest BCUT2D eigenvalue weighted by atomic mass is 9.79. The van der Waals surface area contributed by atoms with Gasteiger partial charge in [-0.1, -0.05) is 0 Å². The molecule has 1 aromatic rings. The Morgan fingerprint density at radius 1 is 0.833 bits per heavy atom. The fourth-order valence-electron chi connectivity index (χ4n) is 0.789. The highest BCUT2D eigenvalue weighted by Crippen LogP contribution is 2.26. The molecule has 64 valence electrons. The Balaban J connectivity index is 3.23. The van der Waals surface area contributed by atoms with E-state index in [0.29, 0.717) is 0 Å². The van der Waals surface area contributed by atoms with Crippen LogP contribution in [0.3, 0.4) is 0 Å². The van der Waals surface area contributed by atoms with Gasteiger partial charge in [0.15, 0.2) is 11.5 Å². The average molecular weight is 170 g/mol. The van der Waals surface area contributed by atoms with Crippen LogP contribution in [0.4, 0.5) is 0 Å². The Labute approximate surface area is 68.3 Å². The number of phenolic OH excluding ortho intramolecular Hbond substituents is 3. The zero-order valence-electron chi connectivity index (χ0n) is 5.97. The molecule has 0 saturated carbocycles. The molecule has 0 atom stereocenters. The predicted molar refractivity (Wildman–Crippen MR) is 41.3 cm³/mol. The molecule has 6 heteroatoms. The lowest BCUT2D eigenvalue weighted by Gasteiger charge is -2.04. The second-order valence-corrected chi connectivity index (χ2v) is 2.27. The fraction of sp³-hybridized carbons (Fsp3) is 0. The smallest absolute Gasteiger partial charge is 0.492 e. The van der Waals surface area contributed by atoms with E-state index in [-0.39, 0.29) is 5.46 Å². The summed E-state index contributed by atoms with van der Waals surface area (Å²) in [7, 11) is -1.88. The highest BCUT2D eigenvalue weighted by atomic mass is 16.4. The molecule has 0 spiro atoms. The molecule has 1 aromatic carbocycles. The monoisotopic (exact) mass is 170 g/mol. The van der Waals surface area contributed by atoms with Crippen molar-refractivity contribution in [3.05, 3.63) is 12.1 Å². The molecule has 0 radical (unpaired) electrons. The standard InChI is InChI=1S/C6H7BO5/c8-4-2-6(10)5(9)1-3(4)7(11)12/h1-2,8-12H. The van der Waals surface area contributed by atoms with Crippen LogP contribution in [0.15, 0.2) is 12.1 Å². The summed E-state index contributed by atoms with van der Waals surface area (Å²) >= 11 is 0. The Morgan fingerprint density at radius 3 is 1.83 bits per heavy atom. The van der Waals surface area contributed by atoms with Crippen molar-refractivity contribution in [1.82, 2.24) is 0 Å². The summed E-state index contributed by atoms with van der Waals surface area (Å²) in [5.41, 5.74) is -0.259. The first-order valence-electron chi connectivity index (χ1n) is 3.13. The average Bonchev–Trinajstić information content (AvgIpc) is 1.96. The summed E-state index contributed by atoms with van der Waals surface area (Å²) < 4.78 is 0. The molecule has 0 saturated heterocycles. The van der Waals surface area contributed by atoms with Crippen LogP contribution < -0.4 is 5.46 Å². The van der Waals surface area contributed by atoms with Crippen LogP contribution in [0.25, 0.3) is 0 Å². The van der Waals surface area contributed by atoms with Gasteiger partial charge in [0.1, 0.15) is 5.75 Å². The number of hydrogen-bond acceptors (Lipinski definition) is 5. The molecular formula is C6H7BO5. The Morgan fingerprint density at radius 2 is 1.33 bits per heavy atom. The predicted octanol–water partition coefficient (Wildman–Crippen LogP) is -1.52. The Bertz CT molecular complexity index is 298. The number of rotatable bonds is 1. The van der Waals surface area contributed by atoms with E-state index in [2.05, 4.69) is 0 Å². The zero-order chi connectivity index (χ0) is 9.30. The maximum absolute atomic E-state index is 9.00. The van der Waals surface area contributed by atoms with Crippen molar-refractivity contribution in [2.75, 3.05) is 0 Å². The Kier molecular flexibility index (Phi) is 2.12. The molecule has 0 aliphatic carbocycles. The molecule has 12 heavy (non-hydrogen) atoms. The van der Waals surface area contributed by atoms with Gasteiger partial charge in [-0.25, -0.2) is 0 Å². The first kappa shape index (κ1) is 8.70. The summed E-state index contributed by atoms with van der Waals surface area (Å²) in [4.78, 5) is 0. The van der Waals surface area contributed by atoms with Crippen LogP contribution in [-0.2, 0) is 0 Å². The van der Waals surface area contributed by atoms with Gasteiger partial charge in [0.05, 0.1) is 0 Å². The van der Waals surface area contributed by atoms with Gasteiger partial charge in [-0.2, -0.15) is 0 Å². The quantitative estimate of drug-likeness (QED) is 0.200. The van der Waals surface area contributed by atoms with E-state index in [1.807, 2.05) is 0 Å². The van der Waals surface area contributed by atoms with E-state index in [1.54, 1.807) is 0 Å². The van der Waals surface area contributed by atoms with E-state index in [1.165, 1.54) is 0 Å². The molecule has 1 rings (SSSR count). The second kappa shape index (κ2) is 2.92. The number of aromatic hydroxyl groups is 3. The molecule has 5 nitrogen and oxygen atoms in total. The largest absolute Gasteiger partial charge is 0.508 e. The van der Waals surface area contributed by atoms with Gasteiger partial charge in [-0.05, 0) is 6.07 Å². The minimum absolute atomic E-state index is 0.259. The van der Waals surface area contributed by atoms with Crippen LogP contribution in [-0.4, -0.2) is 32.5 Å². The molecule has 0 amide bonds. The molecule has 0 aliphatic heterocycles. The van der Waals surface area contributed by atoms with Crippen LogP contribution >= 0.6 is 0 Å². The highest BCUT2D eigenvalue weighted by molar-refractivity contribution is 6.59. The molecule has 0 aromatic heterocycles. The molecule has 0 aliphatic rings. The molecule has 0 unspecified atom stereocenters. The third kappa shape index (κ3) is 1.44. The lowest BCUT2D eigenvalue weighted by Crippen LogP contribution is -2.29. The minimum Gasteiger partial charge on any atom is -0.508 e. The number of benzene rings is 1. The van der Waals surface area contributed by atoms with Gasteiger partial charge in [-0.15, -0.1) is 0 Å². The fourth-order valence-corrected chi connectivity index (χ4v) is 0.789. The molecule has 5 N–H and O–H groups in total. The molecule has 0 heterocycles. The van der Waals surface area contributed by atoms with Crippen molar-refractivity contribution in [2.45, 2.75) is 0 Å². The van der Waals surface area contributed by atoms with Gasteiger partial charge >= 0.3 is 7.12 Å². The van der Waals surface area contributed by atoms with Crippen LogP contribution in [0.1, 0.15) is 0 Å². The second-order valence-electron chi connectivity index (χ2n) is 2.27. The topological polar surface area (TPSA) is 101 Å². The van der Waals surface area contributed by atoms with Gasteiger partial charge in [0.2, 0.25) is 0 Å². The van der Waals surface area contributed by atoms with E-state index in [9.17, 15) is 0 Å². The normalized spacial score (nSPS) is 9.83. The van der Waals surface area contributed by atoms with E-state index < -0.39 is 24.4 Å². The summed E-state index contributed by atoms with van der Waals surface area (Å²) in [6.45, 7) is 0. The van der Waals surface area contributed by atoms with E-state index >= 15 is 0 Å². The third-order valence-electron chi connectivity index (χ3n) is 1.40. The SMILES string of the molecule is OB(O)c1cc(O)c(O)cc1O. The van der Waals surface area contributed by atoms with Crippen LogP contribution in [0.5, 0.6) is 17.2 Å². The van der Waals surface area contributed by atoms with Crippen molar-refractivity contribution in [1.29, 1.82) is 0 Å². The number of phenols is 3. The van der Waals surface area contributed by atoms with Gasteiger partial charge in [-0.3, -0.25) is 0 Å². The van der Waals surface area contributed by atoms with Crippen molar-refractivity contribution in [3.8, 4) is 17.2 Å². The van der Waals surface area contributed by atoms with E-state index in [0.717, 1.165) is 12.1 Å². The summed E-state index contributed by atoms with van der Waals surface area (Å²) in [5, 5.41) is 44.0. The lowest BCUT2D eigenvalue weighted by molar-refractivity contribution is 0.393. The van der Waals surface area contributed by atoms with Gasteiger partial charge in [0.25, 0.3) is 0 Å². The van der Waals surface area contributed by atoms with Crippen LogP contribution in [0, 0.1) is 0 Å². The molecular weight excluding hydrogens is 163 g/mol. The zero-order valence-corrected chi connectivity index (χ0v) is 5.97. The van der Waals surface area contributed by atoms with Gasteiger partial charge < -0.3 is 25.4 Å². The van der Waals surface area contributed by atoms with Crippen molar-refractivity contribution in [2.24, 2.45) is 0 Å². The molecule has 0 fully saturated rings. The Hall–Kier alpha value is -1.40. The van der Waals surface area contributed by atoms with E-state index in [4.69, 9.17) is 25.4 Å². The molecule has 0 bridgehead atoms. The van der Waals surface area contributed by atoms with Crippen molar-refractivity contribution in [3.63, 3.8) is 0 Å². The van der Waals surface area contributed by atoms with Gasteiger partial charge in [0, 0.05) is 11.5 Å². The summed E-state index contributed by atoms with van der Waals surface area (Å²) in [5.74, 6) is -1.52. The van der Waals surface area contributed by atoms with Crippen molar-refractivity contribution >= 4 is 12.6 Å². The first-order chi connectivity index (χ1) is 5.52. The first-order valence-corrected chi connectivity index (χ1v) is 3.13. The minimum atomic E-state index is -1.88. The highest BCUT2D eigenvalue weighted by Gasteiger charge is 2.18. The third-order valence-corrected chi connectivity index (χ3v) is 1.40. The van der Waals surface area contributed by atoms with Crippen LogP contribution in [0.2, 0.25) is 0 Å². The summed E-state index contributed by atoms with van der Waals surface area (Å²) in [6, 6.07) is 1.69. The maximum Gasteiger partial charge on any atom is 0.492 e. The summed E-state index contributed by atoms with van der Waals surface area (Å²) in [6.07, 6.45) is 0. The van der Waals surface area contributed by atoms with Crippen molar-refractivity contribution < 1.29 is 25.4 Å². The maximum atomic E-state index is 9.00.